The molecule has 1 aromatic heterocycles. The van der Waals surface area contributed by atoms with Crippen LogP contribution in [0.4, 0.5) is 5.69 Å². The van der Waals surface area contributed by atoms with Crippen molar-refractivity contribution in [2.75, 3.05) is 5.32 Å². The first-order valence-corrected chi connectivity index (χ1v) is 9.44. The number of para-hydroxylation sites is 1. The number of hydrogen-bond donors (Lipinski definition) is 1. The van der Waals surface area contributed by atoms with Gasteiger partial charge < -0.3 is 5.32 Å². The van der Waals surface area contributed by atoms with Crippen molar-refractivity contribution in [2.45, 2.75) is 25.7 Å². The van der Waals surface area contributed by atoms with E-state index >= 15 is 0 Å². The lowest BCUT2D eigenvalue weighted by molar-refractivity contribution is -0.115. The second-order valence-electron chi connectivity index (χ2n) is 7.21. The lowest BCUT2D eigenvalue weighted by atomic mass is 9.85. The number of ketones is 1. The topological polar surface area (TPSA) is 56.0 Å². The molecule has 1 aliphatic carbocycles. The quantitative estimate of drug-likeness (QED) is 0.754. The van der Waals surface area contributed by atoms with Crippen LogP contribution in [0, 0.1) is 6.92 Å². The number of carbonyl (C=O) groups excluding carboxylic acids is 1. The van der Waals surface area contributed by atoms with Gasteiger partial charge in [0.05, 0.1) is 11.4 Å². The number of nitrogens with zero attached hydrogens (tertiary/aromatic N) is 2. The number of carbonyl (C=O) groups is 1. The molecule has 0 fully saturated rings. The van der Waals surface area contributed by atoms with Gasteiger partial charge in [-0.15, -0.1) is 0 Å². The summed E-state index contributed by atoms with van der Waals surface area (Å²) in [6, 6.07) is 19.6. The molecule has 0 aliphatic heterocycles. The molecule has 5 heteroatoms. The third kappa shape index (κ3) is 3.31. The average Bonchev–Trinajstić information content (AvgIpc) is 2.92. The van der Waals surface area contributed by atoms with Gasteiger partial charge in [0.25, 0.3) is 5.56 Å². The second kappa shape index (κ2) is 7.35. The van der Waals surface area contributed by atoms with Crippen LogP contribution in [0.2, 0.25) is 0 Å². The van der Waals surface area contributed by atoms with E-state index in [9.17, 15) is 9.59 Å². The minimum atomic E-state index is -0.124. The molecule has 0 radical (unpaired) electrons. The highest BCUT2D eigenvalue weighted by Gasteiger charge is 2.24. The highest BCUT2D eigenvalue weighted by atomic mass is 16.1. The molecule has 0 saturated heterocycles. The Hall–Kier alpha value is -3.34. The van der Waals surface area contributed by atoms with Crippen LogP contribution < -0.4 is 10.9 Å². The number of allylic oxidation sites excluding steroid dienone is 2. The van der Waals surface area contributed by atoms with Crippen LogP contribution in [0.3, 0.4) is 0 Å². The maximum Gasteiger partial charge on any atom is 0.295 e. The number of aromatic nitrogens is 2. The fourth-order valence-corrected chi connectivity index (χ4v) is 3.81. The molecule has 0 saturated carbocycles. The lowest BCUT2D eigenvalue weighted by Crippen LogP contribution is -2.22. The number of anilines is 1. The van der Waals surface area contributed by atoms with E-state index in [4.69, 9.17) is 0 Å². The summed E-state index contributed by atoms with van der Waals surface area (Å²) in [4.78, 5) is 25.4. The summed E-state index contributed by atoms with van der Waals surface area (Å²) in [7, 11) is 1.86. The van der Waals surface area contributed by atoms with Crippen molar-refractivity contribution in [1.29, 1.82) is 0 Å². The Bertz CT molecular complexity index is 1090. The van der Waals surface area contributed by atoms with Crippen molar-refractivity contribution in [3.63, 3.8) is 0 Å². The van der Waals surface area contributed by atoms with Gasteiger partial charge in [0, 0.05) is 25.2 Å². The maximum atomic E-state index is 13.1. The zero-order valence-corrected chi connectivity index (χ0v) is 16.1. The molecule has 4 rings (SSSR count). The predicted octanol–water partition coefficient (Wildman–Crippen LogP) is 3.93. The Morgan fingerprint density at radius 2 is 1.57 bits per heavy atom. The van der Waals surface area contributed by atoms with Gasteiger partial charge in [0.2, 0.25) is 0 Å². The average molecular weight is 373 g/mol. The van der Waals surface area contributed by atoms with E-state index in [1.165, 1.54) is 0 Å². The largest absolute Gasteiger partial charge is 0.353 e. The molecule has 28 heavy (non-hydrogen) atoms. The molecular formula is C23H23N3O2. The van der Waals surface area contributed by atoms with E-state index in [1.54, 1.807) is 10.8 Å². The van der Waals surface area contributed by atoms with Gasteiger partial charge in [-0.1, -0.05) is 48.5 Å². The molecule has 0 unspecified atom stereocenters. The van der Waals surface area contributed by atoms with Crippen molar-refractivity contribution in [2.24, 2.45) is 7.05 Å². The van der Waals surface area contributed by atoms with E-state index < -0.39 is 0 Å². The van der Waals surface area contributed by atoms with Gasteiger partial charge in [-0.25, -0.2) is 4.68 Å². The van der Waals surface area contributed by atoms with E-state index in [0.29, 0.717) is 18.5 Å². The van der Waals surface area contributed by atoms with Crippen LogP contribution >= 0.6 is 0 Å². The van der Waals surface area contributed by atoms with Gasteiger partial charge in [0.1, 0.15) is 5.69 Å². The molecule has 142 valence electrons. The number of benzene rings is 2. The molecule has 5 nitrogen and oxygen atoms in total. The molecule has 3 aromatic rings. The van der Waals surface area contributed by atoms with Crippen molar-refractivity contribution < 1.29 is 4.79 Å². The smallest absolute Gasteiger partial charge is 0.295 e. The van der Waals surface area contributed by atoms with Crippen LogP contribution in [0.15, 0.2) is 77.2 Å². The molecular weight excluding hydrogens is 350 g/mol. The summed E-state index contributed by atoms with van der Waals surface area (Å²) in [6.07, 6.45) is 2.84. The molecule has 0 amide bonds. The van der Waals surface area contributed by atoms with Gasteiger partial charge in [-0.05, 0) is 37.0 Å². The van der Waals surface area contributed by atoms with Crippen LogP contribution in [0.5, 0.6) is 0 Å². The highest BCUT2D eigenvalue weighted by Crippen LogP contribution is 2.32. The van der Waals surface area contributed by atoms with Gasteiger partial charge in [-0.3, -0.25) is 14.3 Å². The molecule has 0 spiro atoms. The van der Waals surface area contributed by atoms with Crippen molar-refractivity contribution in [3.05, 3.63) is 94.0 Å². The molecule has 2 aromatic carbocycles. The zero-order chi connectivity index (χ0) is 19.7. The predicted molar refractivity (Wildman–Crippen MR) is 111 cm³/mol. The van der Waals surface area contributed by atoms with Crippen LogP contribution in [0.25, 0.3) is 5.69 Å². The van der Waals surface area contributed by atoms with Crippen molar-refractivity contribution in [1.82, 2.24) is 9.36 Å². The second-order valence-corrected chi connectivity index (χ2v) is 7.21. The third-order valence-electron chi connectivity index (χ3n) is 5.36. The Labute approximate surface area is 163 Å². The zero-order valence-electron chi connectivity index (χ0n) is 16.1. The monoisotopic (exact) mass is 373 g/mol. The summed E-state index contributed by atoms with van der Waals surface area (Å²) in [5, 5.41) is 3.26. The molecule has 1 aliphatic rings. The third-order valence-corrected chi connectivity index (χ3v) is 5.36. The molecule has 1 heterocycles. The first kappa shape index (κ1) is 18.0. The van der Waals surface area contributed by atoms with Gasteiger partial charge >= 0.3 is 0 Å². The van der Waals surface area contributed by atoms with E-state index in [2.05, 4.69) is 17.4 Å². The number of nitrogens with one attached hydrogen (secondary N) is 1. The van der Waals surface area contributed by atoms with Gasteiger partial charge in [0.15, 0.2) is 5.78 Å². The summed E-state index contributed by atoms with van der Waals surface area (Å²) in [5.41, 5.74) is 3.96. The lowest BCUT2D eigenvalue weighted by Gasteiger charge is -2.23. The Morgan fingerprint density at radius 3 is 2.25 bits per heavy atom. The normalized spacial score (nSPS) is 16.7. The fourth-order valence-electron chi connectivity index (χ4n) is 3.81. The summed E-state index contributed by atoms with van der Waals surface area (Å²) in [6.45, 7) is 1.91. The first-order chi connectivity index (χ1) is 13.5. The van der Waals surface area contributed by atoms with Crippen LogP contribution in [-0.4, -0.2) is 15.1 Å². The van der Waals surface area contributed by atoms with Crippen LogP contribution in [-0.2, 0) is 11.8 Å². The summed E-state index contributed by atoms with van der Waals surface area (Å²) < 4.78 is 3.47. The Balaban J connectivity index is 1.66. The van der Waals surface area contributed by atoms with Crippen molar-refractivity contribution in [3.8, 4) is 5.69 Å². The van der Waals surface area contributed by atoms with E-state index in [1.807, 2.05) is 67.2 Å². The first-order valence-electron chi connectivity index (χ1n) is 9.44. The minimum absolute atomic E-state index is 0.0829. The van der Waals surface area contributed by atoms with E-state index in [-0.39, 0.29) is 17.3 Å². The maximum absolute atomic E-state index is 13.1. The standard InChI is InChI=1S/C23H23N3O2/c1-16-22(23(28)26(25(16)2)20-11-7-4-8-12-20)24-19-13-18(14-21(27)15-19)17-9-5-3-6-10-17/h3-12,15,18,24H,13-14H2,1-2H3/t18-/m0/s1. The Kier molecular flexibility index (Phi) is 4.74. The summed E-state index contributed by atoms with van der Waals surface area (Å²) in [5.74, 6) is 0.209. The molecule has 0 bridgehead atoms. The van der Waals surface area contributed by atoms with Crippen LogP contribution in [0.1, 0.15) is 30.0 Å². The SMILES string of the molecule is Cc1c(NC2=CC(=O)C[C@@H](c3ccccc3)C2)c(=O)n(-c2ccccc2)n1C. The van der Waals surface area contributed by atoms with Gasteiger partial charge in [-0.2, -0.15) is 0 Å². The molecule has 1 atom stereocenters. The fraction of sp³-hybridized carbons (Fsp3) is 0.217. The van der Waals surface area contributed by atoms with E-state index in [0.717, 1.165) is 22.6 Å². The minimum Gasteiger partial charge on any atom is -0.353 e. The number of rotatable bonds is 4. The highest BCUT2D eigenvalue weighted by molar-refractivity contribution is 5.92. The molecule has 1 N–H and O–H groups in total. The number of hydrogen-bond acceptors (Lipinski definition) is 3. The Morgan fingerprint density at radius 1 is 0.929 bits per heavy atom. The summed E-state index contributed by atoms with van der Waals surface area (Å²) >= 11 is 0. The van der Waals surface area contributed by atoms with Crippen molar-refractivity contribution >= 4 is 11.5 Å².